The van der Waals surface area contributed by atoms with Gasteiger partial charge >= 0.3 is 5.97 Å². The third kappa shape index (κ3) is 39.2. The van der Waals surface area contributed by atoms with Gasteiger partial charge in [-0.1, -0.05) is 26.7 Å². The van der Waals surface area contributed by atoms with Gasteiger partial charge in [0, 0.05) is 20.1 Å². The fourth-order valence-corrected chi connectivity index (χ4v) is 0.518. The van der Waals surface area contributed by atoms with Crippen LogP contribution in [-0.4, -0.2) is 25.5 Å². The van der Waals surface area contributed by atoms with Gasteiger partial charge in [0.1, 0.15) is 0 Å². The Hall–Kier alpha value is -0.650. The van der Waals surface area contributed by atoms with E-state index in [4.69, 9.17) is 9.47 Å². The number of hydrogen-bond donors (Lipinski definition) is 1. The molecule has 0 heterocycles. The van der Waals surface area contributed by atoms with Crippen LogP contribution in [0.25, 0.3) is 0 Å². The van der Waals surface area contributed by atoms with Crippen LogP contribution in [-0.2, 0) is 19.1 Å². The standard InChI is InChI=1S/C6H14O2.C4H10.C2H5NO2/c1-4-7-6(3)8-5-2;1-3-4-2;1-2(4)5-3/h6H,4-5H2,1-3H3;3-4H2,1-2H3;3H2,1H3. The van der Waals surface area contributed by atoms with E-state index in [1.807, 2.05) is 20.8 Å². The molecular formula is C12H29NO4. The zero-order valence-corrected chi connectivity index (χ0v) is 12.1. The van der Waals surface area contributed by atoms with Crippen LogP contribution in [0.15, 0.2) is 0 Å². The van der Waals surface area contributed by atoms with Gasteiger partial charge in [-0.05, 0) is 20.8 Å². The lowest BCUT2D eigenvalue weighted by Crippen LogP contribution is -2.11. The summed E-state index contributed by atoms with van der Waals surface area (Å²) in [7, 11) is 0. The first-order chi connectivity index (χ1) is 7.99. The van der Waals surface area contributed by atoms with Crippen LogP contribution in [0.5, 0.6) is 0 Å². The van der Waals surface area contributed by atoms with Gasteiger partial charge in [0.25, 0.3) is 0 Å². The van der Waals surface area contributed by atoms with Gasteiger partial charge in [-0.25, -0.2) is 0 Å². The first-order valence-electron chi connectivity index (χ1n) is 6.10. The Morgan fingerprint density at radius 2 is 1.35 bits per heavy atom. The topological polar surface area (TPSA) is 70.8 Å². The number of unbranched alkanes of at least 4 members (excludes halogenated alkanes) is 1. The summed E-state index contributed by atoms with van der Waals surface area (Å²) in [5.41, 5.74) is 0. The van der Waals surface area contributed by atoms with E-state index in [0.29, 0.717) is 0 Å². The van der Waals surface area contributed by atoms with E-state index in [0.717, 1.165) is 13.2 Å². The molecule has 5 nitrogen and oxygen atoms in total. The molecule has 0 aromatic rings. The number of carbonyl (C=O) groups excluding carboxylic acids is 1. The summed E-state index contributed by atoms with van der Waals surface area (Å²) in [6, 6.07) is 0. The molecule has 5 heteroatoms. The predicted molar refractivity (Wildman–Crippen MR) is 69.2 cm³/mol. The average molecular weight is 251 g/mol. The minimum atomic E-state index is -0.468. The summed E-state index contributed by atoms with van der Waals surface area (Å²) in [5, 5.41) is 0. The number of rotatable bonds is 5. The molecule has 17 heavy (non-hydrogen) atoms. The number of carbonyl (C=O) groups is 1. The van der Waals surface area contributed by atoms with Gasteiger partial charge in [0.15, 0.2) is 6.29 Å². The third-order valence-corrected chi connectivity index (χ3v) is 1.47. The molecule has 0 aromatic carbocycles. The summed E-state index contributed by atoms with van der Waals surface area (Å²) >= 11 is 0. The number of ether oxygens (including phenoxy) is 2. The van der Waals surface area contributed by atoms with Gasteiger partial charge in [-0.15, -0.1) is 0 Å². The second-order valence-electron chi connectivity index (χ2n) is 3.09. The lowest BCUT2D eigenvalue weighted by molar-refractivity contribution is -0.141. The molecule has 0 saturated heterocycles. The normalized spacial score (nSPS) is 8.71. The molecule has 0 radical (unpaired) electrons. The van der Waals surface area contributed by atoms with Gasteiger partial charge in [-0.2, -0.15) is 5.90 Å². The zero-order valence-electron chi connectivity index (χ0n) is 12.1. The highest BCUT2D eigenvalue weighted by Crippen LogP contribution is 1.90. The lowest BCUT2D eigenvalue weighted by atomic mass is 10.4. The Bertz CT molecular complexity index is 134. The maximum Gasteiger partial charge on any atom is 0.321 e. The van der Waals surface area contributed by atoms with E-state index in [1.54, 1.807) is 0 Å². The summed E-state index contributed by atoms with van der Waals surface area (Å²) in [6.45, 7) is 12.8. The third-order valence-electron chi connectivity index (χ3n) is 1.47. The number of nitrogens with two attached hydrogens (primary N) is 1. The lowest BCUT2D eigenvalue weighted by Gasteiger charge is -2.09. The fraction of sp³-hybridized carbons (Fsp3) is 0.917. The van der Waals surface area contributed by atoms with Crippen molar-refractivity contribution in [2.75, 3.05) is 13.2 Å². The van der Waals surface area contributed by atoms with Crippen LogP contribution >= 0.6 is 0 Å². The van der Waals surface area contributed by atoms with E-state index >= 15 is 0 Å². The predicted octanol–water partition coefficient (Wildman–Crippen LogP) is 2.64. The second kappa shape index (κ2) is 20.7. The molecule has 0 rings (SSSR count). The van der Waals surface area contributed by atoms with Crippen molar-refractivity contribution < 1.29 is 19.1 Å². The molecule has 0 aliphatic heterocycles. The smallest absolute Gasteiger partial charge is 0.321 e. The van der Waals surface area contributed by atoms with Crippen molar-refractivity contribution in [2.45, 2.75) is 60.7 Å². The molecule has 106 valence electrons. The van der Waals surface area contributed by atoms with Crippen molar-refractivity contribution in [3.63, 3.8) is 0 Å². The van der Waals surface area contributed by atoms with Gasteiger partial charge in [0.2, 0.25) is 0 Å². The molecule has 0 saturated carbocycles. The highest BCUT2D eigenvalue weighted by molar-refractivity contribution is 5.65. The van der Waals surface area contributed by atoms with Gasteiger partial charge in [-0.3, -0.25) is 4.79 Å². The monoisotopic (exact) mass is 251 g/mol. The minimum Gasteiger partial charge on any atom is -0.374 e. The van der Waals surface area contributed by atoms with Crippen molar-refractivity contribution in [3.05, 3.63) is 0 Å². The van der Waals surface area contributed by atoms with Gasteiger partial charge in [0.05, 0.1) is 0 Å². The summed E-state index contributed by atoms with van der Waals surface area (Å²) in [5.74, 6) is 3.85. The van der Waals surface area contributed by atoms with Gasteiger partial charge < -0.3 is 14.3 Å². The van der Waals surface area contributed by atoms with Crippen molar-refractivity contribution in [3.8, 4) is 0 Å². The molecule has 2 N–H and O–H groups in total. The zero-order chi connectivity index (χ0) is 14.1. The Balaban J connectivity index is -0.000000188. The van der Waals surface area contributed by atoms with Crippen LogP contribution in [0.3, 0.4) is 0 Å². The van der Waals surface area contributed by atoms with Crippen molar-refractivity contribution in [1.82, 2.24) is 0 Å². The Kier molecular flexibility index (Phi) is 26.4. The molecule has 0 aromatic heterocycles. The van der Waals surface area contributed by atoms with Crippen molar-refractivity contribution in [2.24, 2.45) is 5.90 Å². The molecule has 0 spiro atoms. The summed E-state index contributed by atoms with van der Waals surface area (Å²) in [4.78, 5) is 13.1. The van der Waals surface area contributed by atoms with E-state index in [-0.39, 0.29) is 6.29 Å². The summed E-state index contributed by atoms with van der Waals surface area (Å²) in [6.07, 6.45) is 2.60. The van der Waals surface area contributed by atoms with Crippen LogP contribution in [0.1, 0.15) is 54.4 Å². The van der Waals surface area contributed by atoms with Crippen molar-refractivity contribution in [1.29, 1.82) is 0 Å². The molecule has 0 aliphatic rings. The van der Waals surface area contributed by atoms with Crippen LogP contribution in [0, 0.1) is 0 Å². The Morgan fingerprint density at radius 1 is 1.06 bits per heavy atom. The number of hydrogen-bond acceptors (Lipinski definition) is 5. The highest BCUT2D eigenvalue weighted by Gasteiger charge is 1.94. The minimum absolute atomic E-state index is 0.0370. The molecule has 0 fully saturated rings. The first-order valence-corrected chi connectivity index (χ1v) is 6.10. The van der Waals surface area contributed by atoms with E-state index < -0.39 is 5.97 Å². The molecular weight excluding hydrogens is 222 g/mol. The van der Waals surface area contributed by atoms with Crippen LogP contribution in [0.2, 0.25) is 0 Å². The molecule has 0 aliphatic carbocycles. The average Bonchev–Trinajstić information content (AvgIpc) is 2.31. The SMILES string of the molecule is CC(=O)ON.CCCC.CCOC(C)OCC. The second-order valence-corrected chi connectivity index (χ2v) is 3.09. The molecule has 0 amide bonds. The molecule has 0 unspecified atom stereocenters. The van der Waals surface area contributed by atoms with Crippen molar-refractivity contribution >= 4 is 5.97 Å². The molecule has 0 bridgehead atoms. The quantitative estimate of drug-likeness (QED) is 0.601. The summed E-state index contributed by atoms with van der Waals surface area (Å²) < 4.78 is 10.1. The fourth-order valence-electron chi connectivity index (χ4n) is 0.518. The van der Waals surface area contributed by atoms with E-state index in [9.17, 15) is 4.79 Å². The van der Waals surface area contributed by atoms with Crippen LogP contribution in [0.4, 0.5) is 0 Å². The Labute approximate surface area is 106 Å². The maximum atomic E-state index is 9.47. The highest BCUT2D eigenvalue weighted by atomic mass is 16.7. The largest absolute Gasteiger partial charge is 0.374 e. The maximum absolute atomic E-state index is 9.47. The molecule has 0 atom stereocenters. The van der Waals surface area contributed by atoms with E-state index in [2.05, 4.69) is 24.6 Å². The first kappa shape index (κ1) is 21.6. The Morgan fingerprint density at radius 3 is 1.47 bits per heavy atom. The van der Waals surface area contributed by atoms with Crippen LogP contribution < -0.4 is 5.90 Å². The van der Waals surface area contributed by atoms with E-state index in [1.165, 1.54) is 19.8 Å².